The van der Waals surface area contributed by atoms with Crippen LogP contribution in [0.2, 0.25) is 0 Å². The molecule has 100 valence electrons. The average Bonchev–Trinajstić information content (AvgIpc) is 2.87. The molecule has 0 radical (unpaired) electrons. The first-order valence-electron chi connectivity index (χ1n) is 6.77. The first-order valence-corrected chi connectivity index (χ1v) is 6.77. The van der Waals surface area contributed by atoms with Crippen molar-refractivity contribution in [3.05, 3.63) is 17.1 Å². The van der Waals surface area contributed by atoms with E-state index >= 15 is 0 Å². The van der Waals surface area contributed by atoms with Gasteiger partial charge in [0.15, 0.2) is 5.82 Å². The molecule has 0 aromatic carbocycles. The molecule has 1 heterocycles. The number of aryl methyl sites for hydroxylation is 1. The minimum atomic E-state index is -0.261. The Morgan fingerprint density at radius 1 is 1.28 bits per heavy atom. The van der Waals surface area contributed by atoms with E-state index in [-0.39, 0.29) is 5.60 Å². The zero-order valence-corrected chi connectivity index (χ0v) is 11.8. The van der Waals surface area contributed by atoms with Gasteiger partial charge in [-0.25, -0.2) is 9.97 Å². The highest BCUT2D eigenvalue weighted by Gasteiger charge is 2.39. The van der Waals surface area contributed by atoms with Crippen molar-refractivity contribution in [3.63, 3.8) is 0 Å². The zero-order chi connectivity index (χ0) is 13.2. The zero-order valence-electron chi connectivity index (χ0n) is 11.8. The van der Waals surface area contributed by atoms with Gasteiger partial charge in [-0.3, -0.25) is 0 Å². The fourth-order valence-electron chi connectivity index (χ4n) is 2.90. The van der Waals surface area contributed by atoms with Crippen LogP contribution in [0.5, 0.6) is 0 Å². The maximum Gasteiger partial charge on any atom is 0.162 e. The molecule has 1 fully saturated rings. The van der Waals surface area contributed by atoms with Crippen molar-refractivity contribution in [2.75, 3.05) is 19.5 Å². The van der Waals surface area contributed by atoms with E-state index in [2.05, 4.69) is 19.2 Å². The molecule has 1 N–H and O–H groups in total. The van der Waals surface area contributed by atoms with Gasteiger partial charge in [-0.2, -0.15) is 0 Å². The number of hydrogen-bond donors (Lipinski definition) is 1. The summed E-state index contributed by atoms with van der Waals surface area (Å²) in [5, 5.41) is 3.19. The molecule has 1 aromatic heterocycles. The predicted molar refractivity (Wildman–Crippen MR) is 72.8 cm³/mol. The maximum atomic E-state index is 5.76. The van der Waals surface area contributed by atoms with E-state index in [1.165, 1.54) is 18.4 Å². The second-order valence-corrected chi connectivity index (χ2v) is 4.97. The first-order chi connectivity index (χ1) is 8.66. The summed E-state index contributed by atoms with van der Waals surface area (Å²) in [6.07, 6.45) is 5.39. The Bertz CT molecular complexity index is 425. The topological polar surface area (TPSA) is 47.0 Å². The van der Waals surface area contributed by atoms with Crippen molar-refractivity contribution in [3.8, 4) is 0 Å². The maximum absolute atomic E-state index is 5.76. The lowest BCUT2D eigenvalue weighted by molar-refractivity contribution is -0.0163. The lowest BCUT2D eigenvalue weighted by atomic mass is 10.00. The van der Waals surface area contributed by atoms with Gasteiger partial charge >= 0.3 is 0 Å². The van der Waals surface area contributed by atoms with Crippen molar-refractivity contribution in [2.24, 2.45) is 0 Å². The van der Waals surface area contributed by atoms with Gasteiger partial charge in [0, 0.05) is 25.4 Å². The number of anilines is 1. The smallest absolute Gasteiger partial charge is 0.162 e. The largest absolute Gasteiger partial charge is 0.373 e. The molecular weight excluding hydrogens is 226 g/mol. The Kier molecular flexibility index (Phi) is 3.85. The lowest BCUT2D eigenvalue weighted by Gasteiger charge is -2.27. The van der Waals surface area contributed by atoms with Crippen LogP contribution in [0, 0.1) is 6.92 Å². The highest BCUT2D eigenvalue weighted by molar-refractivity contribution is 5.46. The number of aromatic nitrogens is 2. The number of nitrogens with one attached hydrogen (secondary N) is 1. The van der Waals surface area contributed by atoms with Crippen molar-refractivity contribution in [1.29, 1.82) is 0 Å². The van der Waals surface area contributed by atoms with Gasteiger partial charge < -0.3 is 10.1 Å². The molecule has 1 saturated carbocycles. The quantitative estimate of drug-likeness (QED) is 0.891. The van der Waals surface area contributed by atoms with Crippen LogP contribution in [0.3, 0.4) is 0 Å². The van der Waals surface area contributed by atoms with Crippen molar-refractivity contribution in [2.45, 2.75) is 51.6 Å². The van der Waals surface area contributed by atoms with Gasteiger partial charge in [0.05, 0.1) is 0 Å². The molecule has 0 spiro atoms. The third-order valence-corrected chi connectivity index (χ3v) is 4.01. The van der Waals surface area contributed by atoms with Crippen LogP contribution in [0.25, 0.3) is 0 Å². The molecule has 4 nitrogen and oxygen atoms in total. The van der Waals surface area contributed by atoms with Crippen LogP contribution in [-0.2, 0) is 16.8 Å². The second kappa shape index (κ2) is 5.22. The summed E-state index contributed by atoms with van der Waals surface area (Å²) >= 11 is 0. The number of hydrogen-bond acceptors (Lipinski definition) is 4. The van der Waals surface area contributed by atoms with Crippen molar-refractivity contribution >= 4 is 5.82 Å². The van der Waals surface area contributed by atoms with Gasteiger partial charge in [-0.1, -0.05) is 6.92 Å². The van der Waals surface area contributed by atoms with E-state index in [1.807, 2.05) is 7.05 Å². The first kappa shape index (κ1) is 13.3. The number of methoxy groups -OCH3 is 1. The van der Waals surface area contributed by atoms with Crippen molar-refractivity contribution in [1.82, 2.24) is 9.97 Å². The number of nitrogens with zero attached hydrogens (tertiary/aromatic N) is 2. The van der Waals surface area contributed by atoms with Gasteiger partial charge in [-0.05, 0) is 39.0 Å². The minimum absolute atomic E-state index is 0.261. The fourth-order valence-corrected chi connectivity index (χ4v) is 2.90. The Morgan fingerprint density at radius 2 is 1.94 bits per heavy atom. The molecule has 4 heteroatoms. The molecule has 1 aliphatic rings. The van der Waals surface area contributed by atoms with Crippen LogP contribution < -0.4 is 5.32 Å². The third-order valence-electron chi connectivity index (χ3n) is 4.01. The van der Waals surface area contributed by atoms with Crippen LogP contribution in [0.1, 0.15) is 49.7 Å². The van der Waals surface area contributed by atoms with E-state index in [4.69, 9.17) is 14.7 Å². The van der Waals surface area contributed by atoms with E-state index in [9.17, 15) is 0 Å². The van der Waals surface area contributed by atoms with E-state index in [0.29, 0.717) is 0 Å². The molecule has 18 heavy (non-hydrogen) atoms. The van der Waals surface area contributed by atoms with Crippen molar-refractivity contribution < 1.29 is 4.74 Å². The second-order valence-electron chi connectivity index (χ2n) is 4.97. The number of rotatable bonds is 4. The normalized spacial score (nSPS) is 18.0. The Labute approximate surface area is 109 Å². The van der Waals surface area contributed by atoms with Gasteiger partial charge in [-0.15, -0.1) is 0 Å². The number of ether oxygens (including phenoxy) is 1. The highest BCUT2D eigenvalue weighted by Crippen LogP contribution is 2.40. The van der Waals surface area contributed by atoms with Crippen LogP contribution >= 0.6 is 0 Å². The molecular formula is C14H23N3O. The Balaban J connectivity index is 2.48. The Morgan fingerprint density at radius 3 is 2.44 bits per heavy atom. The Hall–Kier alpha value is -1.16. The molecule has 2 rings (SSSR count). The van der Waals surface area contributed by atoms with E-state index < -0.39 is 0 Å². The van der Waals surface area contributed by atoms with E-state index in [1.54, 1.807) is 7.11 Å². The molecule has 0 bridgehead atoms. The molecule has 1 aromatic rings. The van der Waals surface area contributed by atoms with Gasteiger partial charge in [0.1, 0.15) is 11.4 Å². The van der Waals surface area contributed by atoms with E-state index in [0.717, 1.165) is 36.6 Å². The minimum Gasteiger partial charge on any atom is -0.373 e. The molecule has 0 aliphatic heterocycles. The molecule has 0 atom stereocenters. The SMILES string of the molecule is CCc1c(C)nc(C2(OC)CCCC2)nc1NC. The summed E-state index contributed by atoms with van der Waals surface area (Å²) in [6, 6.07) is 0. The molecule has 1 aliphatic carbocycles. The standard InChI is InChI=1S/C14H23N3O/c1-5-11-10(2)16-13(17-12(11)15-3)14(18-4)8-6-7-9-14/h5-9H2,1-4H3,(H,15,16,17). The summed E-state index contributed by atoms with van der Waals surface area (Å²) in [5.41, 5.74) is 2.00. The summed E-state index contributed by atoms with van der Waals surface area (Å²) in [6.45, 7) is 4.19. The van der Waals surface area contributed by atoms with Gasteiger partial charge in [0.2, 0.25) is 0 Å². The summed E-state index contributed by atoms with van der Waals surface area (Å²) in [7, 11) is 3.69. The van der Waals surface area contributed by atoms with Crippen LogP contribution in [-0.4, -0.2) is 24.1 Å². The average molecular weight is 249 g/mol. The predicted octanol–water partition coefficient (Wildman–Crippen LogP) is 2.80. The van der Waals surface area contributed by atoms with Crippen LogP contribution in [0.4, 0.5) is 5.82 Å². The highest BCUT2D eigenvalue weighted by atomic mass is 16.5. The summed E-state index contributed by atoms with van der Waals surface area (Å²) in [4.78, 5) is 9.40. The summed E-state index contributed by atoms with van der Waals surface area (Å²) < 4.78 is 5.76. The lowest BCUT2D eigenvalue weighted by Crippen LogP contribution is -2.28. The fraction of sp³-hybridized carbons (Fsp3) is 0.714. The monoisotopic (exact) mass is 249 g/mol. The summed E-state index contributed by atoms with van der Waals surface area (Å²) in [5.74, 6) is 1.80. The van der Waals surface area contributed by atoms with Gasteiger partial charge in [0.25, 0.3) is 0 Å². The molecule has 0 amide bonds. The third kappa shape index (κ3) is 2.09. The molecule has 0 saturated heterocycles. The molecule has 0 unspecified atom stereocenters. The van der Waals surface area contributed by atoms with Crippen LogP contribution in [0.15, 0.2) is 0 Å².